The zero-order valence-corrected chi connectivity index (χ0v) is 9.47. The lowest BCUT2D eigenvalue weighted by atomic mass is 10.0. The normalized spacial score (nSPS) is 27.2. The number of fused-ring (bicyclic) bond motifs is 1. The first-order chi connectivity index (χ1) is 8.24. The third-order valence-electron chi connectivity index (χ3n) is 3.60. The van der Waals surface area contributed by atoms with Crippen molar-refractivity contribution in [3.05, 3.63) is 18.1 Å². The van der Waals surface area contributed by atoms with E-state index < -0.39 is 5.91 Å². The fourth-order valence-electron chi connectivity index (χ4n) is 2.65. The molecule has 2 aliphatic heterocycles. The Bertz CT molecular complexity index is 420. The number of anilines is 1. The minimum absolute atomic E-state index is 0.217. The lowest BCUT2D eigenvalue weighted by Gasteiger charge is -2.17. The standard InChI is InChI=1S/C11H15N5O/c12-11(17)9-3-15-10(4-14-9)16-5-7-1-13-2-8(7)6-16/h3-4,7-8,13H,1-2,5-6H2,(H2,12,17). The molecule has 90 valence electrons. The smallest absolute Gasteiger partial charge is 0.268 e. The molecule has 0 saturated carbocycles. The molecule has 3 rings (SSSR count). The van der Waals surface area contributed by atoms with Gasteiger partial charge in [0.25, 0.3) is 5.91 Å². The zero-order chi connectivity index (χ0) is 11.8. The summed E-state index contributed by atoms with van der Waals surface area (Å²) in [6, 6.07) is 0. The Morgan fingerprint density at radius 3 is 2.53 bits per heavy atom. The van der Waals surface area contributed by atoms with Gasteiger partial charge in [-0.1, -0.05) is 0 Å². The van der Waals surface area contributed by atoms with Crippen LogP contribution in [-0.4, -0.2) is 42.1 Å². The summed E-state index contributed by atoms with van der Waals surface area (Å²) in [6.07, 6.45) is 3.08. The monoisotopic (exact) mass is 233 g/mol. The van der Waals surface area contributed by atoms with Crippen LogP contribution < -0.4 is 16.0 Å². The predicted molar refractivity (Wildman–Crippen MR) is 62.6 cm³/mol. The summed E-state index contributed by atoms with van der Waals surface area (Å²) in [6.45, 7) is 4.21. The summed E-state index contributed by atoms with van der Waals surface area (Å²) in [4.78, 5) is 21.4. The van der Waals surface area contributed by atoms with Gasteiger partial charge in [-0.2, -0.15) is 0 Å². The lowest BCUT2D eigenvalue weighted by Crippen LogP contribution is -2.26. The number of amides is 1. The van der Waals surface area contributed by atoms with Crippen molar-refractivity contribution in [2.45, 2.75) is 0 Å². The highest BCUT2D eigenvalue weighted by atomic mass is 16.1. The molecular formula is C11H15N5O. The average Bonchev–Trinajstić information content (AvgIpc) is 2.89. The molecule has 6 nitrogen and oxygen atoms in total. The van der Waals surface area contributed by atoms with E-state index >= 15 is 0 Å². The van der Waals surface area contributed by atoms with Crippen molar-refractivity contribution in [3.63, 3.8) is 0 Å². The molecule has 0 spiro atoms. The Kier molecular flexibility index (Phi) is 2.44. The Labute approximate surface area is 99.2 Å². The maximum atomic E-state index is 10.9. The van der Waals surface area contributed by atoms with Crippen molar-refractivity contribution in [2.24, 2.45) is 17.6 Å². The highest BCUT2D eigenvalue weighted by Crippen LogP contribution is 2.28. The Morgan fingerprint density at radius 2 is 2.00 bits per heavy atom. The molecule has 1 aromatic heterocycles. The van der Waals surface area contributed by atoms with Crippen molar-refractivity contribution >= 4 is 11.7 Å². The fraction of sp³-hybridized carbons (Fsp3) is 0.545. The molecular weight excluding hydrogens is 218 g/mol. The van der Waals surface area contributed by atoms with Crippen molar-refractivity contribution in [1.29, 1.82) is 0 Å². The first-order valence-electron chi connectivity index (χ1n) is 5.81. The highest BCUT2D eigenvalue weighted by molar-refractivity contribution is 5.90. The van der Waals surface area contributed by atoms with Crippen LogP contribution in [-0.2, 0) is 0 Å². The van der Waals surface area contributed by atoms with Gasteiger partial charge in [-0.25, -0.2) is 9.97 Å². The second kappa shape index (κ2) is 3.96. The van der Waals surface area contributed by atoms with Crippen LogP contribution in [0.2, 0.25) is 0 Å². The molecule has 0 aromatic carbocycles. The Morgan fingerprint density at radius 1 is 1.29 bits per heavy atom. The van der Waals surface area contributed by atoms with Crippen LogP contribution in [0.15, 0.2) is 12.4 Å². The Balaban J connectivity index is 1.75. The van der Waals surface area contributed by atoms with E-state index in [1.807, 2.05) is 0 Å². The molecule has 0 aliphatic carbocycles. The van der Waals surface area contributed by atoms with E-state index in [1.54, 1.807) is 6.20 Å². The third-order valence-corrected chi connectivity index (χ3v) is 3.60. The maximum Gasteiger partial charge on any atom is 0.268 e. The van der Waals surface area contributed by atoms with Gasteiger partial charge < -0.3 is 16.0 Å². The van der Waals surface area contributed by atoms with Gasteiger partial charge in [0.1, 0.15) is 11.5 Å². The van der Waals surface area contributed by atoms with Crippen LogP contribution >= 0.6 is 0 Å². The molecule has 2 saturated heterocycles. The number of carbonyl (C=O) groups excluding carboxylic acids is 1. The molecule has 1 aromatic rings. The average molecular weight is 233 g/mol. The number of nitrogens with zero attached hydrogens (tertiary/aromatic N) is 3. The molecule has 0 radical (unpaired) electrons. The number of nitrogens with two attached hydrogens (primary N) is 1. The summed E-state index contributed by atoms with van der Waals surface area (Å²) in [5.41, 5.74) is 5.35. The number of aromatic nitrogens is 2. The van der Waals surface area contributed by atoms with E-state index in [0.717, 1.165) is 32.0 Å². The van der Waals surface area contributed by atoms with E-state index in [1.165, 1.54) is 6.20 Å². The molecule has 2 atom stereocenters. The van der Waals surface area contributed by atoms with Gasteiger partial charge in [-0.15, -0.1) is 0 Å². The Hall–Kier alpha value is -1.69. The van der Waals surface area contributed by atoms with E-state index in [9.17, 15) is 4.79 Å². The van der Waals surface area contributed by atoms with Gasteiger partial charge in [0.05, 0.1) is 12.4 Å². The van der Waals surface area contributed by atoms with Crippen LogP contribution in [0.1, 0.15) is 10.5 Å². The quantitative estimate of drug-likeness (QED) is 0.701. The van der Waals surface area contributed by atoms with Gasteiger partial charge in [-0.05, 0) is 11.8 Å². The summed E-state index contributed by atoms with van der Waals surface area (Å²) in [5, 5.41) is 3.40. The van der Waals surface area contributed by atoms with Gasteiger partial charge >= 0.3 is 0 Å². The van der Waals surface area contributed by atoms with Crippen LogP contribution in [0.5, 0.6) is 0 Å². The molecule has 1 amide bonds. The van der Waals surface area contributed by atoms with Gasteiger partial charge in [0, 0.05) is 26.2 Å². The molecule has 3 N–H and O–H groups in total. The first kappa shape index (κ1) is 10.5. The SMILES string of the molecule is NC(=O)c1cnc(N2CC3CNCC3C2)cn1. The number of nitrogens with one attached hydrogen (secondary N) is 1. The van der Waals surface area contributed by atoms with Crippen molar-refractivity contribution in [2.75, 3.05) is 31.1 Å². The molecule has 2 unspecified atom stereocenters. The molecule has 2 fully saturated rings. The van der Waals surface area contributed by atoms with E-state index in [-0.39, 0.29) is 5.69 Å². The van der Waals surface area contributed by atoms with E-state index in [4.69, 9.17) is 5.73 Å². The van der Waals surface area contributed by atoms with E-state index in [2.05, 4.69) is 20.2 Å². The minimum Gasteiger partial charge on any atom is -0.364 e. The molecule has 6 heteroatoms. The summed E-state index contributed by atoms with van der Waals surface area (Å²) < 4.78 is 0. The number of hydrogen-bond acceptors (Lipinski definition) is 5. The number of carbonyl (C=O) groups is 1. The lowest BCUT2D eigenvalue weighted by molar-refractivity contribution is 0.0995. The summed E-state index contributed by atoms with van der Waals surface area (Å²) in [5.74, 6) is 1.73. The second-order valence-corrected chi connectivity index (χ2v) is 4.71. The molecule has 3 heterocycles. The summed E-state index contributed by atoms with van der Waals surface area (Å²) >= 11 is 0. The number of hydrogen-bond donors (Lipinski definition) is 2. The molecule has 0 bridgehead atoms. The third kappa shape index (κ3) is 1.84. The minimum atomic E-state index is -0.536. The molecule has 17 heavy (non-hydrogen) atoms. The van der Waals surface area contributed by atoms with Crippen molar-refractivity contribution in [1.82, 2.24) is 15.3 Å². The van der Waals surface area contributed by atoms with Crippen LogP contribution in [0, 0.1) is 11.8 Å². The zero-order valence-electron chi connectivity index (χ0n) is 9.47. The van der Waals surface area contributed by atoms with E-state index in [0.29, 0.717) is 11.8 Å². The topological polar surface area (TPSA) is 84.1 Å². The van der Waals surface area contributed by atoms with Crippen molar-refractivity contribution < 1.29 is 4.79 Å². The van der Waals surface area contributed by atoms with Gasteiger partial charge in [0.2, 0.25) is 0 Å². The number of rotatable bonds is 2. The van der Waals surface area contributed by atoms with Crippen LogP contribution in [0.4, 0.5) is 5.82 Å². The van der Waals surface area contributed by atoms with Gasteiger partial charge in [0.15, 0.2) is 0 Å². The molecule has 2 aliphatic rings. The first-order valence-corrected chi connectivity index (χ1v) is 5.81. The van der Waals surface area contributed by atoms with Crippen LogP contribution in [0.3, 0.4) is 0 Å². The summed E-state index contributed by atoms with van der Waals surface area (Å²) in [7, 11) is 0. The maximum absolute atomic E-state index is 10.9. The largest absolute Gasteiger partial charge is 0.364 e. The van der Waals surface area contributed by atoms with Gasteiger partial charge in [-0.3, -0.25) is 4.79 Å². The van der Waals surface area contributed by atoms with Crippen molar-refractivity contribution in [3.8, 4) is 0 Å². The second-order valence-electron chi connectivity index (χ2n) is 4.71. The predicted octanol–water partition coefficient (Wildman–Crippen LogP) is -0.769. The highest BCUT2D eigenvalue weighted by Gasteiger charge is 2.36. The number of primary amides is 1. The van der Waals surface area contributed by atoms with Crippen LogP contribution in [0.25, 0.3) is 0 Å². The fourth-order valence-corrected chi connectivity index (χ4v) is 2.65.